The summed E-state index contributed by atoms with van der Waals surface area (Å²) in [4.78, 5) is 33.9. The molecule has 0 aliphatic carbocycles. The lowest BCUT2D eigenvalue weighted by molar-refractivity contribution is 0.101. The van der Waals surface area contributed by atoms with E-state index in [2.05, 4.69) is 15.4 Å². The molecule has 5 aromatic rings. The van der Waals surface area contributed by atoms with Crippen LogP contribution < -0.4 is 11.0 Å². The molecular formula is C23H17ClN6O2. The Kier molecular flexibility index (Phi) is 4.91. The van der Waals surface area contributed by atoms with Crippen LogP contribution in [0.5, 0.6) is 0 Å². The van der Waals surface area contributed by atoms with Gasteiger partial charge in [-0.15, -0.1) is 0 Å². The standard InChI is InChI=1S/C23H17ClN6O2/c1-2-18-20(14-5-7-16(24)8-6-14)21-26-13-17-19(30(21)27-18)9-11-29(23(17)32)28-22(31)15-4-3-10-25-12-15/h3-13H,2H2,1H3,(H,28,31). The molecule has 32 heavy (non-hydrogen) atoms. The van der Waals surface area contributed by atoms with Crippen LogP contribution in [0.4, 0.5) is 0 Å². The molecule has 9 heteroatoms. The fraction of sp³-hybridized carbons (Fsp3) is 0.0870. The lowest BCUT2D eigenvalue weighted by atomic mass is 10.0. The van der Waals surface area contributed by atoms with Crippen molar-refractivity contribution in [1.82, 2.24) is 24.3 Å². The minimum absolute atomic E-state index is 0.333. The number of hydrogen-bond donors (Lipinski definition) is 1. The molecule has 5 rings (SSSR count). The topological polar surface area (TPSA) is 94.2 Å². The van der Waals surface area contributed by atoms with E-state index >= 15 is 0 Å². The van der Waals surface area contributed by atoms with Crippen LogP contribution in [0, 0.1) is 0 Å². The van der Waals surface area contributed by atoms with Crippen molar-refractivity contribution in [2.45, 2.75) is 13.3 Å². The maximum absolute atomic E-state index is 13.0. The number of aryl methyl sites for hydroxylation is 1. The average molecular weight is 445 g/mol. The Hall–Kier alpha value is -4.04. The van der Waals surface area contributed by atoms with Crippen molar-refractivity contribution in [2.24, 2.45) is 0 Å². The van der Waals surface area contributed by atoms with Crippen LogP contribution in [0.3, 0.4) is 0 Å². The molecule has 0 saturated heterocycles. The Morgan fingerprint density at radius 3 is 2.66 bits per heavy atom. The predicted octanol–water partition coefficient (Wildman–Crippen LogP) is 3.71. The number of halogens is 1. The first kappa shape index (κ1) is 19.9. The summed E-state index contributed by atoms with van der Waals surface area (Å²) in [6, 6.07) is 12.5. The number of carbonyl (C=O) groups excluding carboxylic acids is 1. The molecule has 0 spiro atoms. The second kappa shape index (κ2) is 7.90. The van der Waals surface area contributed by atoms with Crippen LogP contribution >= 0.6 is 11.6 Å². The SMILES string of the molecule is CCc1nn2c(ncc3c(=O)n(NC(=O)c4cccnc4)ccc32)c1-c1ccc(Cl)cc1. The third kappa shape index (κ3) is 3.30. The zero-order valence-corrected chi connectivity index (χ0v) is 17.7. The van der Waals surface area contributed by atoms with Crippen LogP contribution in [0.1, 0.15) is 23.0 Å². The predicted molar refractivity (Wildman–Crippen MR) is 123 cm³/mol. The summed E-state index contributed by atoms with van der Waals surface area (Å²) in [6.07, 6.45) is 6.72. The monoisotopic (exact) mass is 444 g/mol. The van der Waals surface area contributed by atoms with Gasteiger partial charge in [0.25, 0.3) is 11.5 Å². The molecule has 0 atom stereocenters. The summed E-state index contributed by atoms with van der Waals surface area (Å²) >= 11 is 6.04. The number of carbonyl (C=O) groups is 1. The molecule has 0 radical (unpaired) electrons. The highest BCUT2D eigenvalue weighted by Crippen LogP contribution is 2.30. The number of pyridine rings is 2. The van der Waals surface area contributed by atoms with Gasteiger partial charge in [0.05, 0.1) is 22.2 Å². The van der Waals surface area contributed by atoms with Crippen molar-refractivity contribution in [3.8, 4) is 11.1 Å². The number of hydrogen-bond acceptors (Lipinski definition) is 5. The fourth-order valence-corrected chi connectivity index (χ4v) is 3.76. The Labute approximate surface area is 187 Å². The van der Waals surface area contributed by atoms with E-state index < -0.39 is 11.5 Å². The molecule has 1 amide bonds. The first-order chi connectivity index (χ1) is 15.6. The summed E-state index contributed by atoms with van der Waals surface area (Å²) in [5, 5.41) is 5.70. The van der Waals surface area contributed by atoms with E-state index in [0.717, 1.165) is 21.5 Å². The van der Waals surface area contributed by atoms with Gasteiger partial charge in [0.15, 0.2) is 5.65 Å². The van der Waals surface area contributed by atoms with Crippen LogP contribution in [0.25, 0.3) is 27.7 Å². The second-order valence-electron chi connectivity index (χ2n) is 7.15. The minimum atomic E-state index is -0.439. The van der Waals surface area contributed by atoms with E-state index in [9.17, 15) is 9.59 Å². The van der Waals surface area contributed by atoms with Crippen molar-refractivity contribution in [2.75, 3.05) is 5.43 Å². The summed E-state index contributed by atoms with van der Waals surface area (Å²) < 4.78 is 2.81. The van der Waals surface area contributed by atoms with E-state index in [1.165, 1.54) is 18.6 Å². The van der Waals surface area contributed by atoms with Crippen LogP contribution in [-0.2, 0) is 6.42 Å². The first-order valence-electron chi connectivity index (χ1n) is 9.96. The number of aromatic nitrogens is 5. The summed E-state index contributed by atoms with van der Waals surface area (Å²) in [5.74, 6) is -0.439. The number of amides is 1. The van der Waals surface area contributed by atoms with Gasteiger partial charge in [0, 0.05) is 35.4 Å². The second-order valence-corrected chi connectivity index (χ2v) is 7.58. The van der Waals surface area contributed by atoms with Crippen molar-refractivity contribution in [3.63, 3.8) is 0 Å². The molecule has 0 unspecified atom stereocenters. The Morgan fingerprint density at radius 2 is 1.94 bits per heavy atom. The lowest BCUT2D eigenvalue weighted by Gasteiger charge is -2.09. The van der Waals surface area contributed by atoms with Gasteiger partial charge in [-0.2, -0.15) is 5.10 Å². The van der Waals surface area contributed by atoms with E-state index in [1.54, 1.807) is 28.9 Å². The zero-order valence-electron chi connectivity index (χ0n) is 17.0. The van der Waals surface area contributed by atoms with Gasteiger partial charge in [0.2, 0.25) is 0 Å². The Morgan fingerprint density at radius 1 is 1.12 bits per heavy atom. The van der Waals surface area contributed by atoms with Gasteiger partial charge >= 0.3 is 0 Å². The van der Waals surface area contributed by atoms with Crippen molar-refractivity contribution >= 4 is 34.1 Å². The Balaban J connectivity index is 1.63. The normalized spacial score (nSPS) is 11.2. The van der Waals surface area contributed by atoms with Gasteiger partial charge in [-0.3, -0.25) is 20.0 Å². The van der Waals surface area contributed by atoms with Gasteiger partial charge in [-0.1, -0.05) is 30.7 Å². The number of nitrogens with one attached hydrogen (secondary N) is 1. The van der Waals surface area contributed by atoms with E-state index in [0.29, 0.717) is 33.6 Å². The smallest absolute Gasteiger partial charge is 0.267 e. The third-order valence-corrected chi connectivity index (χ3v) is 5.45. The summed E-state index contributed by atoms with van der Waals surface area (Å²) in [5.41, 5.74) is 6.48. The number of fused-ring (bicyclic) bond motifs is 3. The van der Waals surface area contributed by atoms with E-state index in [4.69, 9.17) is 16.7 Å². The van der Waals surface area contributed by atoms with Crippen LogP contribution in [-0.4, -0.2) is 30.2 Å². The van der Waals surface area contributed by atoms with E-state index in [-0.39, 0.29) is 0 Å². The maximum Gasteiger partial charge on any atom is 0.280 e. The molecule has 0 bridgehead atoms. The number of benzene rings is 1. The molecule has 0 aliphatic rings. The number of rotatable bonds is 4. The zero-order chi connectivity index (χ0) is 22.2. The van der Waals surface area contributed by atoms with Crippen molar-refractivity contribution < 1.29 is 4.79 Å². The number of nitrogens with zero attached hydrogens (tertiary/aromatic N) is 5. The van der Waals surface area contributed by atoms with Crippen molar-refractivity contribution in [1.29, 1.82) is 0 Å². The van der Waals surface area contributed by atoms with Gasteiger partial charge in [0.1, 0.15) is 0 Å². The molecule has 158 valence electrons. The average Bonchev–Trinajstić information content (AvgIpc) is 3.21. The largest absolute Gasteiger partial charge is 0.280 e. The summed E-state index contributed by atoms with van der Waals surface area (Å²) in [7, 11) is 0. The highest BCUT2D eigenvalue weighted by Gasteiger charge is 2.18. The molecule has 8 nitrogen and oxygen atoms in total. The summed E-state index contributed by atoms with van der Waals surface area (Å²) in [6.45, 7) is 2.02. The third-order valence-electron chi connectivity index (χ3n) is 5.20. The molecule has 1 aromatic carbocycles. The molecule has 4 aromatic heterocycles. The molecule has 1 N–H and O–H groups in total. The molecule has 0 fully saturated rings. The van der Waals surface area contributed by atoms with Crippen LogP contribution in [0.15, 0.2) is 72.0 Å². The highest BCUT2D eigenvalue weighted by atomic mass is 35.5. The molecule has 0 aliphatic heterocycles. The lowest BCUT2D eigenvalue weighted by Crippen LogP contribution is -2.33. The molecule has 4 heterocycles. The quantitative estimate of drug-likeness (QED) is 0.456. The van der Waals surface area contributed by atoms with E-state index in [1.807, 2.05) is 31.2 Å². The molecular weight excluding hydrogens is 428 g/mol. The molecule has 0 saturated carbocycles. The van der Waals surface area contributed by atoms with Gasteiger partial charge in [-0.25, -0.2) is 14.2 Å². The Bertz CT molecular complexity index is 1520. The highest BCUT2D eigenvalue weighted by molar-refractivity contribution is 6.30. The van der Waals surface area contributed by atoms with Crippen LogP contribution in [0.2, 0.25) is 5.02 Å². The van der Waals surface area contributed by atoms with Gasteiger partial charge < -0.3 is 0 Å². The fourth-order valence-electron chi connectivity index (χ4n) is 3.63. The van der Waals surface area contributed by atoms with Gasteiger partial charge in [-0.05, 0) is 42.3 Å². The van der Waals surface area contributed by atoms with Crippen molar-refractivity contribution in [3.05, 3.63) is 93.9 Å². The minimum Gasteiger partial charge on any atom is -0.267 e. The first-order valence-corrected chi connectivity index (χ1v) is 10.3. The maximum atomic E-state index is 13.0.